The first-order chi connectivity index (χ1) is 12.0. The van der Waals surface area contributed by atoms with Crippen LogP contribution in [0.3, 0.4) is 0 Å². The standard InChI is InChI=1S/C18H25N5O2/c1-13-8-17(25-21-13)18(24)23-6-4-14(5-7-23)9-15-10-20-16(11-19-15)12-22(2)3/h8,10-11,14H,4-7,9,12H2,1-3H3. The molecule has 7 nitrogen and oxygen atoms in total. The molecule has 0 bridgehead atoms. The van der Waals surface area contributed by atoms with Gasteiger partial charge in [-0.2, -0.15) is 0 Å². The summed E-state index contributed by atoms with van der Waals surface area (Å²) in [5.74, 6) is 0.805. The fourth-order valence-corrected chi connectivity index (χ4v) is 3.15. The molecule has 1 amide bonds. The van der Waals surface area contributed by atoms with E-state index in [1.807, 2.05) is 38.3 Å². The summed E-state index contributed by atoms with van der Waals surface area (Å²) in [4.78, 5) is 25.3. The molecule has 2 aromatic heterocycles. The van der Waals surface area contributed by atoms with Crippen LogP contribution in [0.5, 0.6) is 0 Å². The minimum absolute atomic E-state index is 0.0631. The zero-order chi connectivity index (χ0) is 17.8. The van der Waals surface area contributed by atoms with Crippen LogP contribution < -0.4 is 0 Å². The third-order valence-corrected chi connectivity index (χ3v) is 4.48. The fourth-order valence-electron chi connectivity index (χ4n) is 3.15. The predicted molar refractivity (Wildman–Crippen MR) is 93.0 cm³/mol. The van der Waals surface area contributed by atoms with Crippen molar-refractivity contribution in [2.24, 2.45) is 5.92 Å². The number of hydrogen-bond acceptors (Lipinski definition) is 6. The lowest BCUT2D eigenvalue weighted by Crippen LogP contribution is -2.38. The van der Waals surface area contributed by atoms with Gasteiger partial charge in [-0.05, 0) is 46.2 Å². The third-order valence-electron chi connectivity index (χ3n) is 4.48. The van der Waals surface area contributed by atoms with Gasteiger partial charge >= 0.3 is 0 Å². The Morgan fingerprint density at radius 2 is 1.92 bits per heavy atom. The highest BCUT2D eigenvalue weighted by molar-refractivity contribution is 5.91. The molecule has 7 heteroatoms. The van der Waals surface area contributed by atoms with Crippen molar-refractivity contribution in [2.75, 3.05) is 27.2 Å². The van der Waals surface area contributed by atoms with E-state index in [0.717, 1.165) is 56.0 Å². The van der Waals surface area contributed by atoms with E-state index in [1.54, 1.807) is 6.07 Å². The second-order valence-corrected chi connectivity index (χ2v) is 7.01. The monoisotopic (exact) mass is 343 g/mol. The summed E-state index contributed by atoms with van der Waals surface area (Å²) in [6.07, 6.45) is 6.60. The smallest absolute Gasteiger partial charge is 0.292 e. The maximum absolute atomic E-state index is 12.4. The normalized spacial score (nSPS) is 15.8. The molecule has 0 atom stereocenters. The molecule has 1 saturated heterocycles. The second-order valence-electron chi connectivity index (χ2n) is 7.01. The highest BCUT2D eigenvalue weighted by atomic mass is 16.5. The SMILES string of the molecule is Cc1cc(C(=O)N2CCC(Cc3cnc(CN(C)C)cn3)CC2)on1. The average molecular weight is 343 g/mol. The highest BCUT2D eigenvalue weighted by Gasteiger charge is 2.26. The molecular formula is C18H25N5O2. The zero-order valence-corrected chi connectivity index (χ0v) is 15.1. The van der Waals surface area contributed by atoms with Gasteiger partial charge in [0.25, 0.3) is 5.91 Å². The van der Waals surface area contributed by atoms with Crippen LogP contribution in [0.1, 0.15) is 40.5 Å². The lowest BCUT2D eigenvalue weighted by Gasteiger charge is -2.31. The number of carbonyl (C=O) groups excluding carboxylic acids is 1. The summed E-state index contributed by atoms with van der Waals surface area (Å²) in [6, 6.07) is 1.69. The van der Waals surface area contributed by atoms with E-state index in [0.29, 0.717) is 11.7 Å². The molecular weight excluding hydrogens is 318 g/mol. The summed E-state index contributed by atoms with van der Waals surface area (Å²) in [5.41, 5.74) is 2.74. The summed E-state index contributed by atoms with van der Waals surface area (Å²) in [5, 5.41) is 3.79. The third kappa shape index (κ3) is 4.63. The Kier molecular flexibility index (Phi) is 5.43. The van der Waals surface area contributed by atoms with E-state index in [9.17, 15) is 4.79 Å². The van der Waals surface area contributed by atoms with E-state index < -0.39 is 0 Å². The summed E-state index contributed by atoms with van der Waals surface area (Å²) in [6.45, 7) is 4.11. The quantitative estimate of drug-likeness (QED) is 0.826. The molecule has 25 heavy (non-hydrogen) atoms. The number of hydrogen-bond donors (Lipinski definition) is 0. The van der Waals surface area contributed by atoms with Gasteiger partial charge in [0.2, 0.25) is 5.76 Å². The number of aryl methyl sites for hydroxylation is 1. The molecule has 0 saturated carbocycles. The van der Waals surface area contributed by atoms with E-state index in [4.69, 9.17) is 4.52 Å². The number of likely N-dealkylation sites (tertiary alicyclic amines) is 1. The van der Waals surface area contributed by atoms with Crippen LogP contribution >= 0.6 is 0 Å². The van der Waals surface area contributed by atoms with Crippen LogP contribution in [0.25, 0.3) is 0 Å². The van der Waals surface area contributed by atoms with Crippen molar-refractivity contribution >= 4 is 5.91 Å². The molecule has 134 valence electrons. The molecule has 1 aliphatic rings. The van der Waals surface area contributed by atoms with Gasteiger partial charge in [0.05, 0.1) is 23.3 Å². The molecule has 1 fully saturated rings. The van der Waals surface area contributed by atoms with Gasteiger partial charge < -0.3 is 14.3 Å². The second kappa shape index (κ2) is 7.74. The van der Waals surface area contributed by atoms with Crippen LogP contribution in [-0.4, -0.2) is 58.0 Å². The highest BCUT2D eigenvalue weighted by Crippen LogP contribution is 2.22. The summed E-state index contributed by atoms with van der Waals surface area (Å²) < 4.78 is 5.08. The summed E-state index contributed by atoms with van der Waals surface area (Å²) >= 11 is 0. The molecule has 2 aromatic rings. The van der Waals surface area contributed by atoms with Crippen molar-refractivity contribution in [2.45, 2.75) is 32.7 Å². The molecule has 3 rings (SSSR count). The molecule has 0 aromatic carbocycles. The molecule has 0 radical (unpaired) electrons. The van der Waals surface area contributed by atoms with Crippen LogP contribution in [0, 0.1) is 12.8 Å². The van der Waals surface area contributed by atoms with Gasteiger partial charge in [-0.15, -0.1) is 0 Å². The zero-order valence-electron chi connectivity index (χ0n) is 15.1. The van der Waals surface area contributed by atoms with Crippen molar-refractivity contribution in [3.05, 3.63) is 41.3 Å². The van der Waals surface area contributed by atoms with E-state index in [2.05, 4.69) is 20.0 Å². The maximum atomic E-state index is 12.4. The number of piperidine rings is 1. The fraction of sp³-hybridized carbons (Fsp3) is 0.556. The molecule has 3 heterocycles. The maximum Gasteiger partial charge on any atom is 0.292 e. The van der Waals surface area contributed by atoms with Gasteiger partial charge in [0.1, 0.15) is 0 Å². The molecule has 0 unspecified atom stereocenters. The lowest BCUT2D eigenvalue weighted by atomic mass is 9.92. The molecule has 1 aliphatic heterocycles. The van der Waals surface area contributed by atoms with Crippen LogP contribution in [0.4, 0.5) is 0 Å². The topological polar surface area (TPSA) is 75.4 Å². The molecule has 0 aliphatic carbocycles. The number of rotatable bonds is 5. The van der Waals surface area contributed by atoms with Crippen LogP contribution in [-0.2, 0) is 13.0 Å². The van der Waals surface area contributed by atoms with Gasteiger partial charge in [-0.3, -0.25) is 14.8 Å². The van der Waals surface area contributed by atoms with Crippen molar-refractivity contribution in [3.63, 3.8) is 0 Å². The Hall–Kier alpha value is -2.28. The largest absolute Gasteiger partial charge is 0.351 e. The number of nitrogens with zero attached hydrogens (tertiary/aromatic N) is 5. The average Bonchev–Trinajstić information content (AvgIpc) is 3.03. The number of aromatic nitrogens is 3. The van der Waals surface area contributed by atoms with E-state index in [1.165, 1.54) is 0 Å². The Labute approximate surface area is 148 Å². The minimum atomic E-state index is -0.0631. The van der Waals surface area contributed by atoms with Crippen LogP contribution in [0.15, 0.2) is 23.0 Å². The molecule has 0 spiro atoms. The van der Waals surface area contributed by atoms with Gasteiger partial charge in [-0.25, -0.2) is 0 Å². The van der Waals surface area contributed by atoms with Gasteiger partial charge in [-0.1, -0.05) is 5.16 Å². The first kappa shape index (κ1) is 17.5. The Balaban J connectivity index is 1.50. The summed E-state index contributed by atoms with van der Waals surface area (Å²) in [7, 11) is 4.04. The van der Waals surface area contributed by atoms with Crippen molar-refractivity contribution < 1.29 is 9.32 Å². The minimum Gasteiger partial charge on any atom is -0.351 e. The van der Waals surface area contributed by atoms with Crippen molar-refractivity contribution in [1.82, 2.24) is 24.9 Å². The van der Waals surface area contributed by atoms with E-state index >= 15 is 0 Å². The van der Waals surface area contributed by atoms with Crippen LogP contribution in [0.2, 0.25) is 0 Å². The van der Waals surface area contributed by atoms with Gasteiger partial charge in [0, 0.05) is 31.9 Å². The Morgan fingerprint density at radius 1 is 1.24 bits per heavy atom. The first-order valence-electron chi connectivity index (χ1n) is 8.68. The number of amides is 1. The first-order valence-corrected chi connectivity index (χ1v) is 8.68. The Morgan fingerprint density at radius 3 is 2.48 bits per heavy atom. The number of carbonyl (C=O) groups is 1. The lowest BCUT2D eigenvalue weighted by molar-refractivity contribution is 0.0648. The van der Waals surface area contributed by atoms with Gasteiger partial charge in [0.15, 0.2) is 0 Å². The van der Waals surface area contributed by atoms with Crippen molar-refractivity contribution in [3.8, 4) is 0 Å². The van der Waals surface area contributed by atoms with E-state index in [-0.39, 0.29) is 5.91 Å². The molecule has 0 N–H and O–H groups in total. The predicted octanol–water partition coefficient (Wildman–Crippen LogP) is 1.93. The van der Waals surface area contributed by atoms with Crippen molar-refractivity contribution in [1.29, 1.82) is 0 Å². The Bertz CT molecular complexity index is 703.